The van der Waals surface area contributed by atoms with Gasteiger partial charge < -0.3 is 10.0 Å². The molecule has 2 rings (SSSR count). The second-order valence-corrected chi connectivity index (χ2v) is 5.07. The van der Waals surface area contributed by atoms with E-state index in [0.29, 0.717) is 18.7 Å². The number of hydrogen-bond acceptors (Lipinski definition) is 2. The van der Waals surface area contributed by atoms with Crippen molar-refractivity contribution in [1.82, 2.24) is 4.90 Å². The lowest BCUT2D eigenvalue weighted by atomic mass is 9.89. The second kappa shape index (κ2) is 6.50. The highest BCUT2D eigenvalue weighted by Crippen LogP contribution is 2.29. The van der Waals surface area contributed by atoms with Crippen LogP contribution in [0.1, 0.15) is 37.2 Å². The van der Waals surface area contributed by atoms with E-state index in [9.17, 15) is 14.0 Å². The van der Waals surface area contributed by atoms with Gasteiger partial charge in [-0.2, -0.15) is 0 Å². The van der Waals surface area contributed by atoms with Crippen LogP contribution in [0.3, 0.4) is 0 Å². The van der Waals surface area contributed by atoms with E-state index >= 15 is 0 Å². The molecule has 0 unspecified atom stereocenters. The van der Waals surface area contributed by atoms with Gasteiger partial charge in [0.2, 0.25) is 5.91 Å². The van der Waals surface area contributed by atoms with Gasteiger partial charge in [-0.3, -0.25) is 9.59 Å². The molecule has 1 heterocycles. The topological polar surface area (TPSA) is 57.6 Å². The van der Waals surface area contributed by atoms with E-state index in [2.05, 4.69) is 0 Å². The summed E-state index contributed by atoms with van der Waals surface area (Å²) in [5.74, 6) is -1.14. The molecule has 5 heteroatoms. The summed E-state index contributed by atoms with van der Waals surface area (Å²) in [6.45, 7) is 1.13. The molecule has 0 radical (unpaired) electrons. The van der Waals surface area contributed by atoms with Crippen molar-refractivity contribution in [2.45, 2.75) is 31.6 Å². The van der Waals surface area contributed by atoms with Crippen molar-refractivity contribution < 1.29 is 19.1 Å². The Morgan fingerprint density at radius 1 is 1.20 bits per heavy atom. The summed E-state index contributed by atoms with van der Waals surface area (Å²) in [4.78, 5) is 23.9. The van der Waals surface area contributed by atoms with E-state index in [1.54, 1.807) is 17.0 Å². The third-order valence-corrected chi connectivity index (χ3v) is 3.75. The van der Waals surface area contributed by atoms with E-state index in [1.807, 2.05) is 6.07 Å². The lowest BCUT2D eigenvalue weighted by Gasteiger charge is -2.32. The molecule has 4 nitrogen and oxygen atoms in total. The summed E-state index contributed by atoms with van der Waals surface area (Å²) in [5, 5.41) is 8.57. The summed E-state index contributed by atoms with van der Waals surface area (Å²) >= 11 is 0. The van der Waals surface area contributed by atoms with Gasteiger partial charge >= 0.3 is 5.97 Å². The van der Waals surface area contributed by atoms with Crippen molar-refractivity contribution in [2.24, 2.45) is 0 Å². The van der Waals surface area contributed by atoms with Crippen LogP contribution in [-0.2, 0) is 9.59 Å². The number of carboxylic acid groups (broad SMARTS) is 1. The summed E-state index contributed by atoms with van der Waals surface area (Å²) < 4.78 is 13.7. The maximum atomic E-state index is 13.7. The predicted molar refractivity (Wildman–Crippen MR) is 71.8 cm³/mol. The van der Waals surface area contributed by atoms with Crippen LogP contribution in [-0.4, -0.2) is 35.0 Å². The number of piperidine rings is 1. The number of carboxylic acids is 1. The molecule has 1 aliphatic heterocycles. The lowest BCUT2D eigenvalue weighted by molar-refractivity contribution is -0.141. The standard InChI is InChI=1S/C15H18FNO3/c16-13-4-2-1-3-12(13)11-7-9-17(10-8-11)14(18)5-6-15(19)20/h1-4,11H,5-10H2,(H,19,20). The minimum Gasteiger partial charge on any atom is -0.481 e. The quantitative estimate of drug-likeness (QED) is 0.920. The van der Waals surface area contributed by atoms with Gasteiger partial charge in [0.1, 0.15) is 5.82 Å². The van der Waals surface area contributed by atoms with Crippen LogP contribution in [0.15, 0.2) is 24.3 Å². The molecule has 0 aromatic heterocycles. The first-order chi connectivity index (χ1) is 9.58. The smallest absolute Gasteiger partial charge is 0.303 e. The number of nitrogens with zero attached hydrogens (tertiary/aromatic N) is 1. The van der Waals surface area contributed by atoms with Gasteiger partial charge in [-0.1, -0.05) is 18.2 Å². The van der Waals surface area contributed by atoms with Gasteiger partial charge in [-0.25, -0.2) is 4.39 Å². The van der Waals surface area contributed by atoms with Crippen molar-refractivity contribution in [3.63, 3.8) is 0 Å². The van der Waals surface area contributed by atoms with Crippen molar-refractivity contribution in [1.29, 1.82) is 0 Å². The van der Waals surface area contributed by atoms with Crippen LogP contribution in [0.2, 0.25) is 0 Å². The summed E-state index contributed by atoms with van der Waals surface area (Å²) in [7, 11) is 0. The fraction of sp³-hybridized carbons (Fsp3) is 0.467. The Kier molecular flexibility index (Phi) is 4.71. The van der Waals surface area contributed by atoms with E-state index < -0.39 is 5.97 Å². The normalized spacial score (nSPS) is 16.1. The highest BCUT2D eigenvalue weighted by molar-refractivity contribution is 5.80. The van der Waals surface area contributed by atoms with Crippen LogP contribution in [0, 0.1) is 5.82 Å². The average Bonchev–Trinajstić information content (AvgIpc) is 2.45. The Labute approximate surface area is 117 Å². The summed E-state index contributed by atoms with van der Waals surface area (Å²) in [6, 6.07) is 6.74. The Morgan fingerprint density at radius 2 is 1.85 bits per heavy atom. The Hall–Kier alpha value is -1.91. The van der Waals surface area contributed by atoms with Gasteiger partial charge in [0.25, 0.3) is 0 Å². The third-order valence-electron chi connectivity index (χ3n) is 3.75. The maximum Gasteiger partial charge on any atom is 0.303 e. The molecule has 0 atom stereocenters. The number of benzene rings is 1. The molecular weight excluding hydrogens is 261 g/mol. The van der Waals surface area contributed by atoms with Crippen molar-refractivity contribution in [2.75, 3.05) is 13.1 Å². The number of likely N-dealkylation sites (tertiary alicyclic amines) is 1. The average molecular weight is 279 g/mol. The molecule has 0 saturated carbocycles. The van der Waals surface area contributed by atoms with Crippen molar-refractivity contribution in [3.8, 4) is 0 Å². The van der Waals surface area contributed by atoms with Gasteiger partial charge in [-0.05, 0) is 30.4 Å². The zero-order chi connectivity index (χ0) is 14.5. The fourth-order valence-corrected chi connectivity index (χ4v) is 2.62. The monoisotopic (exact) mass is 279 g/mol. The molecule has 1 aromatic rings. The number of halogens is 1. The maximum absolute atomic E-state index is 13.7. The van der Waals surface area contributed by atoms with Crippen LogP contribution in [0.5, 0.6) is 0 Å². The first kappa shape index (κ1) is 14.5. The minimum absolute atomic E-state index is 0.0414. The van der Waals surface area contributed by atoms with E-state index in [4.69, 9.17) is 5.11 Å². The van der Waals surface area contributed by atoms with Crippen molar-refractivity contribution >= 4 is 11.9 Å². The Morgan fingerprint density at radius 3 is 2.45 bits per heavy atom. The van der Waals surface area contributed by atoms with E-state index in [-0.39, 0.29) is 30.5 Å². The van der Waals surface area contributed by atoms with E-state index in [1.165, 1.54) is 6.07 Å². The largest absolute Gasteiger partial charge is 0.481 e. The van der Waals surface area contributed by atoms with Crippen LogP contribution < -0.4 is 0 Å². The minimum atomic E-state index is -0.959. The number of amides is 1. The molecule has 1 aromatic carbocycles. The number of rotatable bonds is 4. The molecule has 20 heavy (non-hydrogen) atoms. The number of aliphatic carboxylic acids is 1. The predicted octanol–water partition coefficient (Wildman–Crippen LogP) is 2.40. The molecule has 1 saturated heterocycles. The molecule has 0 aliphatic carbocycles. The SMILES string of the molecule is O=C(O)CCC(=O)N1CCC(c2ccccc2F)CC1. The Bertz CT molecular complexity index is 496. The number of carbonyl (C=O) groups excluding carboxylic acids is 1. The molecule has 108 valence electrons. The molecule has 1 amide bonds. The zero-order valence-electron chi connectivity index (χ0n) is 11.2. The Balaban J connectivity index is 1.88. The van der Waals surface area contributed by atoms with Gasteiger partial charge in [0, 0.05) is 19.5 Å². The van der Waals surface area contributed by atoms with Gasteiger partial charge in [0.05, 0.1) is 6.42 Å². The summed E-state index contributed by atoms with van der Waals surface area (Å²) in [6.07, 6.45) is 1.35. The van der Waals surface area contributed by atoms with Gasteiger partial charge in [-0.15, -0.1) is 0 Å². The van der Waals surface area contributed by atoms with Crippen molar-refractivity contribution in [3.05, 3.63) is 35.6 Å². The van der Waals surface area contributed by atoms with E-state index in [0.717, 1.165) is 12.8 Å². The highest BCUT2D eigenvalue weighted by atomic mass is 19.1. The molecular formula is C15H18FNO3. The first-order valence-electron chi connectivity index (χ1n) is 6.82. The van der Waals surface area contributed by atoms with Crippen LogP contribution in [0.4, 0.5) is 4.39 Å². The molecule has 1 N–H and O–H groups in total. The van der Waals surface area contributed by atoms with Crippen LogP contribution in [0.25, 0.3) is 0 Å². The van der Waals surface area contributed by atoms with Gasteiger partial charge in [0.15, 0.2) is 0 Å². The molecule has 1 aliphatic rings. The zero-order valence-corrected chi connectivity index (χ0v) is 11.2. The molecule has 0 bridgehead atoms. The fourth-order valence-electron chi connectivity index (χ4n) is 2.62. The second-order valence-electron chi connectivity index (χ2n) is 5.07. The molecule has 0 spiro atoms. The third kappa shape index (κ3) is 3.56. The first-order valence-corrected chi connectivity index (χ1v) is 6.82. The lowest BCUT2D eigenvalue weighted by Crippen LogP contribution is -2.38. The number of carbonyl (C=O) groups is 2. The summed E-state index contributed by atoms with van der Waals surface area (Å²) in [5.41, 5.74) is 0.713. The molecule has 1 fully saturated rings. The van der Waals surface area contributed by atoms with Crippen LogP contribution >= 0.6 is 0 Å². The number of hydrogen-bond donors (Lipinski definition) is 1. The highest BCUT2D eigenvalue weighted by Gasteiger charge is 2.25.